The number of rotatable bonds is 10. The first-order valence-corrected chi connectivity index (χ1v) is 8.73. The Morgan fingerprint density at radius 1 is 1.04 bits per heavy atom. The number of carbonyl (C=O) groups excluding carboxylic acids is 2. The SMILES string of the molecule is CCCC(OC(=O)CCCC(=O)OCc1cc(F)c(F)c(F)c1)C(C)C. The fraction of sp³-hybridized carbons (Fsp3) is 0.579. The molecular weight excluding hydrogens is 349 g/mol. The van der Waals surface area contributed by atoms with Gasteiger partial charge in [0.25, 0.3) is 0 Å². The standard InChI is InChI=1S/C19H25F3O4/c1-4-6-16(12(2)3)26-18(24)8-5-7-17(23)25-11-13-9-14(20)19(22)15(21)10-13/h9-10,12,16H,4-8,11H2,1-3H3. The molecule has 0 radical (unpaired) electrons. The van der Waals surface area contributed by atoms with E-state index >= 15 is 0 Å². The van der Waals surface area contributed by atoms with Gasteiger partial charge in [0.2, 0.25) is 0 Å². The Morgan fingerprint density at radius 2 is 1.62 bits per heavy atom. The minimum Gasteiger partial charge on any atom is -0.462 e. The average Bonchev–Trinajstić information content (AvgIpc) is 2.57. The molecular formula is C19H25F3O4. The van der Waals surface area contributed by atoms with Crippen LogP contribution < -0.4 is 0 Å². The van der Waals surface area contributed by atoms with E-state index in [1.54, 1.807) is 0 Å². The molecule has 0 spiro atoms. The molecule has 0 bridgehead atoms. The fourth-order valence-electron chi connectivity index (χ4n) is 2.35. The molecule has 0 saturated carbocycles. The molecule has 0 aromatic heterocycles. The van der Waals surface area contributed by atoms with E-state index in [9.17, 15) is 22.8 Å². The third kappa shape index (κ3) is 7.45. The second-order valence-corrected chi connectivity index (χ2v) is 6.45. The van der Waals surface area contributed by atoms with Crippen LogP contribution in [0.1, 0.15) is 58.4 Å². The van der Waals surface area contributed by atoms with Gasteiger partial charge in [-0.25, -0.2) is 13.2 Å². The smallest absolute Gasteiger partial charge is 0.306 e. The van der Waals surface area contributed by atoms with E-state index in [1.165, 1.54) is 0 Å². The maximum Gasteiger partial charge on any atom is 0.306 e. The lowest BCUT2D eigenvalue weighted by atomic mass is 10.0. The topological polar surface area (TPSA) is 52.6 Å². The second-order valence-electron chi connectivity index (χ2n) is 6.45. The van der Waals surface area contributed by atoms with Gasteiger partial charge < -0.3 is 9.47 Å². The van der Waals surface area contributed by atoms with Crippen LogP contribution in [0.15, 0.2) is 12.1 Å². The molecule has 7 heteroatoms. The number of ether oxygens (including phenoxy) is 2. The Morgan fingerprint density at radius 3 is 2.15 bits per heavy atom. The molecule has 1 unspecified atom stereocenters. The highest BCUT2D eigenvalue weighted by molar-refractivity contribution is 5.72. The predicted molar refractivity (Wildman–Crippen MR) is 89.6 cm³/mol. The van der Waals surface area contributed by atoms with Crippen molar-refractivity contribution in [2.24, 2.45) is 5.92 Å². The van der Waals surface area contributed by atoms with Crippen LogP contribution in [-0.2, 0) is 25.7 Å². The number of esters is 2. The van der Waals surface area contributed by atoms with Crippen molar-refractivity contribution in [2.75, 3.05) is 0 Å². The van der Waals surface area contributed by atoms with Crippen LogP contribution in [0.5, 0.6) is 0 Å². The van der Waals surface area contributed by atoms with E-state index in [1.807, 2.05) is 20.8 Å². The van der Waals surface area contributed by atoms with Gasteiger partial charge in [0, 0.05) is 12.8 Å². The van der Waals surface area contributed by atoms with Crippen LogP contribution in [0.2, 0.25) is 0 Å². The number of carbonyl (C=O) groups is 2. The maximum atomic E-state index is 13.1. The van der Waals surface area contributed by atoms with Gasteiger partial charge in [0.05, 0.1) is 0 Å². The zero-order chi connectivity index (χ0) is 19.7. The summed E-state index contributed by atoms with van der Waals surface area (Å²) < 4.78 is 49.2. The lowest BCUT2D eigenvalue weighted by Gasteiger charge is -2.20. The quantitative estimate of drug-likeness (QED) is 0.441. The van der Waals surface area contributed by atoms with E-state index in [0.29, 0.717) is 0 Å². The first-order valence-electron chi connectivity index (χ1n) is 8.73. The number of hydrogen-bond donors (Lipinski definition) is 0. The summed E-state index contributed by atoms with van der Waals surface area (Å²) >= 11 is 0. The van der Waals surface area contributed by atoms with Crippen LogP contribution in [0.3, 0.4) is 0 Å². The van der Waals surface area contributed by atoms with Crippen LogP contribution in [-0.4, -0.2) is 18.0 Å². The summed E-state index contributed by atoms with van der Waals surface area (Å²) in [5.74, 6) is -5.01. The van der Waals surface area contributed by atoms with Gasteiger partial charge in [-0.05, 0) is 36.5 Å². The molecule has 0 aliphatic carbocycles. The first kappa shape index (κ1) is 22.0. The molecule has 0 fully saturated rings. The molecule has 4 nitrogen and oxygen atoms in total. The molecule has 1 atom stereocenters. The summed E-state index contributed by atoms with van der Waals surface area (Å²) in [6.07, 6.45) is 1.87. The largest absolute Gasteiger partial charge is 0.462 e. The highest BCUT2D eigenvalue weighted by Crippen LogP contribution is 2.16. The Hall–Kier alpha value is -2.05. The summed E-state index contributed by atoms with van der Waals surface area (Å²) in [6, 6.07) is 1.53. The van der Waals surface area contributed by atoms with Crippen molar-refractivity contribution >= 4 is 11.9 Å². The third-order valence-corrected chi connectivity index (χ3v) is 3.80. The molecule has 146 valence electrons. The van der Waals surface area contributed by atoms with Crippen molar-refractivity contribution in [3.05, 3.63) is 35.1 Å². The van der Waals surface area contributed by atoms with Crippen molar-refractivity contribution in [1.29, 1.82) is 0 Å². The fourth-order valence-corrected chi connectivity index (χ4v) is 2.35. The lowest BCUT2D eigenvalue weighted by molar-refractivity contribution is -0.152. The molecule has 0 N–H and O–H groups in total. The number of hydrogen-bond acceptors (Lipinski definition) is 4. The normalized spacial score (nSPS) is 12.1. The molecule has 0 heterocycles. The molecule has 0 aliphatic heterocycles. The summed E-state index contributed by atoms with van der Waals surface area (Å²) in [4.78, 5) is 23.4. The predicted octanol–water partition coefficient (Wildman–Crippen LogP) is 4.69. The van der Waals surface area contributed by atoms with Crippen LogP contribution in [0.25, 0.3) is 0 Å². The number of halogens is 3. The van der Waals surface area contributed by atoms with Crippen molar-refractivity contribution in [2.45, 2.75) is 65.6 Å². The van der Waals surface area contributed by atoms with Gasteiger partial charge >= 0.3 is 11.9 Å². The highest BCUT2D eigenvalue weighted by Gasteiger charge is 2.18. The zero-order valence-corrected chi connectivity index (χ0v) is 15.3. The Labute approximate surface area is 151 Å². The molecule has 26 heavy (non-hydrogen) atoms. The van der Waals surface area contributed by atoms with E-state index in [4.69, 9.17) is 9.47 Å². The maximum absolute atomic E-state index is 13.1. The van der Waals surface area contributed by atoms with Gasteiger partial charge in [-0.1, -0.05) is 27.2 Å². The Bertz CT molecular complexity index is 594. The summed E-state index contributed by atoms with van der Waals surface area (Å²) in [5, 5.41) is 0. The summed E-state index contributed by atoms with van der Waals surface area (Å²) in [7, 11) is 0. The van der Waals surface area contributed by atoms with Crippen molar-refractivity contribution in [3.63, 3.8) is 0 Å². The van der Waals surface area contributed by atoms with Gasteiger partial charge in [0.1, 0.15) is 12.7 Å². The Kier molecular flexibility index (Phi) is 9.16. The van der Waals surface area contributed by atoms with Crippen LogP contribution in [0, 0.1) is 23.4 Å². The van der Waals surface area contributed by atoms with E-state index in [0.717, 1.165) is 25.0 Å². The zero-order valence-electron chi connectivity index (χ0n) is 15.3. The van der Waals surface area contributed by atoms with Crippen molar-refractivity contribution in [1.82, 2.24) is 0 Å². The molecule has 0 aliphatic rings. The van der Waals surface area contributed by atoms with Gasteiger partial charge in [-0.2, -0.15) is 0 Å². The first-order chi connectivity index (χ1) is 12.2. The minimum absolute atomic E-state index is 0.00787. The monoisotopic (exact) mass is 374 g/mol. The highest BCUT2D eigenvalue weighted by atomic mass is 19.2. The molecule has 1 rings (SSSR count). The lowest BCUT2D eigenvalue weighted by Crippen LogP contribution is -2.23. The molecule has 0 saturated heterocycles. The van der Waals surface area contributed by atoms with Gasteiger partial charge in [-0.15, -0.1) is 0 Å². The van der Waals surface area contributed by atoms with Gasteiger partial charge in [-0.3, -0.25) is 9.59 Å². The van der Waals surface area contributed by atoms with Gasteiger partial charge in [0.15, 0.2) is 17.5 Å². The molecule has 0 amide bonds. The van der Waals surface area contributed by atoms with Crippen molar-refractivity contribution < 1.29 is 32.2 Å². The van der Waals surface area contributed by atoms with Crippen LogP contribution in [0.4, 0.5) is 13.2 Å². The third-order valence-electron chi connectivity index (χ3n) is 3.80. The summed E-state index contributed by atoms with van der Waals surface area (Å²) in [5.41, 5.74) is 0.00787. The van der Waals surface area contributed by atoms with Crippen molar-refractivity contribution in [3.8, 4) is 0 Å². The molecule has 1 aromatic carbocycles. The minimum atomic E-state index is -1.57. The Balaban J connectivity index is 2.33. The van der Waals surface area contributed by atoms with E-state index in [-0.39, 0.29) is 49.4 Å². The second kappa shape index (κ2) is 10.8. The van der Waals surface area contributed by atoms with Crippen LogP contribution >= 0.6 is 0 Å². The van der Waals surface area contributed by atoms with E-state index in [2.05, 4.69) is 0 Å². The molecule has 1 aromatic rings. The summed E-state index contributed by atoms with van der Waals surface area (Å²) in [6.45, 7) is 5.60. The number of benzene rings is 1. The average molecular weight is 374 g/mol. The van der Waals surface area contributed by atoms with E-state index < -0.39 is 23.4 Å².